The molecule has 1 heterocycles. The van der Waals surface area contributed by atoms with Crippen LogP contribution in [0.15, 0.2) is 18.2 Å². The number of amides is 1. The second-order valence-corrected chi connectivity index (χ2v) is 5.08. The van der Waals surface area contributed by atoms with E-state index in [0.717, 1.165) is 6.42 Å². The van der Waals surface area contributed by atoms with E-state index in [1.807, 2.05) is 0 Å². The molecule has 1 amide bonds. The quantitative estimate of drug-likeness (QED) is 0.821. The van der Waals surface area contributed by atoms with Gasteiger partial charge in [-0.1, -0.05) is 0 Å². The fourth-order valence-electron chi connectivity index (χ4n) is 2.57. The zero-order valence-electron chi connectivity index (χ0n) is 12.7. The van der Waals surface area contributed by atoms with Gasteiger partial charge >= 0.3 is 5.97 Å². The van der Waals surface area contributed by atoms with E-state index in [1.165, 1.54) is 7.11 Å². The van der Waals surface area contributed by atoms with E-state index >= 15 is 0 Å². The van der Waals surface area contributed by atoms with E-state index in [9.17, 15) is 9.59 Å². The van der Waals surface area contributed by atoms with Crippen LogP contribution in [-0.4, -0.2) is 55.2 Å². The fourth-order valence-corrected chi connectivity index (χ4v) is 2.57. The van der Waals surface area contributed by atoms with Crippen molar-refractivity contribution in [2.75, 3.05) is 32.6 Å². The number of nitrogens with zero attached hydrogens (tertiary/aromatic N) is 1. The van der Waals surface area contributed by atoms with Gasteiger partial charge in [-0.05, 0) is 31.5 Å². The number of aliphatic carboxylic acids is 1. The number of hydrogen-bond donors (Lipinski definition) is 2. The normalized spacial score (nSPS) is 18.0. The number of carbonyl (C=O) groups is 2. The van der Waals surface area contributed by atoms with Crippen LogP contribution in [0.5, 0.6) is 11.5 Å². The van der Waals surface area contributed by atoms with E-state index in [4.69, 9.17) is 14.6 Å². The lowest BCUT2D eigenvalue weighted by Gasteiger charge is -2.20. The Bertz CT molecular complexity index is 561. The summed E-state index contributed by atoms with van der Waals surface area (Å²) in [5.41, 5.74) is 0.527. The van der Waals surface area contributed by atoms with Crippen LogP contribution in [0.4, 0.5) is 5.69 Å². The molecule has 0 aliphatic carbocycles. The average molecular weight is 308 g/mol. The Balaban J connectivity index is 2.01. The highest BCUT2D eigenvalue weighted by Gasteiger charge is 2.31. The lowest BCUT2D eigenvalue weighted by Crippen LogP contribution is -2.40. The third-order valence-electron chi connectivity index (χ3n) is 3.68. The van der Waals surface area contributed by atoms with E-state index in [2.05, 4.69) is 5.32 Å². The van der Waals surface area contributed by atoms with Gasteiger partial charge in [-0.15, -0.1) is 0 Å². The maximum absolute atomic E-state index is 12.1. The average Bonchev–Trinajstić information content (AvgIpc) is 2.95. The van der Waals surface area contributed by atoms with Gasteiger partial charge in [0, 0.05) is 6.07 Å². The Morgan fingerprint density at radius 2 is 2.14 bits per heavy atom. The Labute approximate surface area is 128 Å². The molecule has 0 spiro atoms. The first-order valence-electron chi connectivity index (χ1n) is 7.04. The summed E-state index contributed by atoms with van der Waals surface area (Å²) in [4.78, 5) is 24.9. The Kier molecular flexibility index (Phi) is 5.21. The molecule has 1 aromatic rings. The van der Waals surface area contributed by atoms with Gasteiger partial charge < -0.3 is 19.9 Å². The van der Waals surface area contributed by atoms with Gasteiger partial charge in [0.05, 0.1) is 26.5 Å². The molecule has 0 saturated carbocycles. The molecule has 7 heteroatoms. The van der Waals surface area contributed by atoms with Crippen LogP contribution < -0.4 is 14.8 Å². The van der Waals surface area contributed by atoms with Crippen LogP contribution in [0.3, 0.4) is 0 Å². The van der Waals surface area contributed by atoms with E-state index in [-0.39, 0.29) is 12.5 Å². The minimum absolute atomic E-state index is 0.0478. The van der Waals surface area contributed by atoms with Crippen LogP contribution in [0, 0.1) is 0 Å². The number of anilines is 1. The topological polar surface area (TPSA) is 88.1 Å². The summed E-state index contributed by atoms with van der Waals surface area (Å²) >= 11 is 0. The predicted molar refractivity (Wildman–Crippen MR) is 80.4 cm³/mol. The highest BCUT2D eigenvalue weighted by Crippen LogP contribution is 2.29. The molecule has 1 atom stereocenters. The van der Waals surface area contributed by atoms with Gasteiger partial charge in [-0.2, -0.15) is 0 Å². The van der Waals surface area contributed by atoms with Gasteiger partial charge in [0.1, 0.15) is 17.5 Å². The monoisotopic (exact) mass is 308 g/mol. The number of rotatable bonds is 6. The zero-order chi connectivity index (χ0) is 16.1. The van der Waals surface area contributed by atoms with Crippen molar-refractivity contribution in [2.45, 2.75) is 18.9 Å². The van der Waals surface area contributed by atoms with Crippen molar-refractivity contribution in [3.63, 3.8) is 0 Å². The maximum Gasteiger partial charge on any atom is 0.320 e. The predicted octanol–water partition coefficient (Wildman–Crippen LogP) is 1.19. The van der Waals surface area contributed by atoms with Crippen molar-refractivity contribution in [2.24, 2.45) is 0 Å². The number of methoxy groups -OCH3 is 2. The molecule has 0 unspecified atom stereocenters. The van der Waals surface area contributed by atoms with Crippen molar-refractivity contribution in [3.05, 3.63) is 18.2 Å². The van der Waals surface area contributed by atoms with Gasteiger partial charge in [-0.3, -0.25) is 14.5 Å². The van der Waals surface area contributed by atoms with Crippen LogP contribution in [0.25, 0.3) is 0 Å². The standard InChI is InChI=1S/C15H20N2O5/c1-21-10-5-6-11(13(8-10)22-2)16-14(18)9-17-7-3-4-12(17)15(19)20/h5-6,8,12H,3-4,7,9H2,1-2H3,(H,16,18)(H,19,20)/t12-/m0/s1. The van der Waals surface area contributed by atoms with E-state index < -0.39 is 12.0 Å². The van der Waals surface area contributed by atoms with Crippen molar-refractivity contribution in [1.29, 1.82) is 0 Å². The first-order chi connectivity index (χ1) is 10.5. The molecule has 2 rings (SSSR count). The number of carboxylic acids is 1. The molecule has 120 valence electrons. The third-order valence-corrected chi connectivity index (χ3v) is 3.68. The molecule has 1 fully saturated rings. The fraction of sp³-hybridized carbons (Fsp3) is 0.467. The molecule has 1 aromatic carbocycles. The van der Waals surface area contributed by atoms with Gasteiger partial charge in [-0.25, -0.2) is 0 Å². The molecule has 2 N–H and O–H groups in total. The largest absolute Gasteiger partial charge is 0.497 e. The van der Waals surface area contributed by atoms with Crippen molar-refractivity contribution >= 4 is 17.6 Å². The number of hydrogen-bond acceptors (Lipinski definition) is 5. The number of nitrogens with one attached hydrogen (secondary N) is 1. The van der Waals surface area contributed by atoms with E-state index in [1.54, 1.807) is 30.2 Å². The summed E-state index contributed by atoms with van der Waals surface area (Å²) in [7, 11) is 3.05. The first kappa shape index (κ1) is 16.1. The number of likely N-dealkylation sites (tertiary alicyclic amines) is 1. The van der Waals surface area contributed by atoms with Gasteiger partial charge in [0.15, 0.2) is 0 Å². The zero-order valence-corrected chi connectivity index (χ0v) is 12.7. The molecular weight excluding hydrogens is 288 g/mol. The van der Waals surface area contributed by atoms with Crippen LogP contribution in [-0.2, 0) is 9.59 Å². The molecule has 1 aliphatic heterocycles. The Hall–Kier alpha value is -2.28. The van der Waals surface area contributed by atoms with Crippen molar-refractivity contribution in [3.8, 4) is 11.5 Å². The maximum atomic E-state index is 12.1. The Morgan fingerprint density at radius 3 is 2.77 bits per heavy atom. The third kappa shape index (κ3) is 3.67. The SMILES string of the molecule is COc1ccc(NC(=O)CN2CCC[C@H]2C(=O)O)c(OC)c1. The van der Waals surface area contributed by atoms with Crippen LogP contribution in [0.2, 0.25) is 0 Å². The molecule has 1 aliphatic rings. The highest BCUT2D eigenvalue weighted by molar-refractivity contribution is 5.94. The molecule has 1 saturated heterocycles. The summed E-state index contributed by atoms with van der Waals surface area (Å²) in [6.07, 6.45) is 1.37. The smallest absolute Gasteiger partial charge is 0.320 e. The summed E-state index contributed by atoms with van der Waals surface area (Å²) in [5.74, 6) is -0.0341. The first-order valence-corrected chi connectivity index (χ1v) is 7.04. The number of benzene rings is 1. The summed E-state index contributed by atoms with van der Waals surface area (Å²) < 4.78 is 10.3. The molecule has 22 heavy (non-hydrogen) atoms. The van der Waals surface area contributed by atoms with Gasteiger partial charge in [0.2, 0.25) is 5.91 Å². The summed E-state index contributed by atoms with van der Waals surface area (Å²) in [5, 5.41) is 11.9. The van der Waals surface area contributed by atoms with Gasteiger partial charge in [0.25, 0.3) is 0 Å². The molecule has 0 aromatic heterocycles. The summed E-state index contributed by atoms with van der Waals surface area (Å²) in [6, 6.07) is 4.50. The highest BCUT2D eigenvalue weighted by atomic mass is 16.5. The van der Waals surface area contributed by atoms with Crippen LogP contribution in [0.1, 0.15) is 12.8 Å². The Morgan fingerprint density at radius 1 is 1.36 bits per heavy atom. The second-order valence-electron chi connectivity index (χ2n) is 5.08. The second kappa shape index (κ2) is 7.13. The summed E-state index contributed by atoms with van der Waals surface area (Å²) in [6.45, 7) is 0.663. The molecule has 0 radical (unpaired) electrons. The lowest BCUT2D eigenvalue weighted by atomic mass is 10.2. The molecular formula is C15H20N2O5. The lowest BCUT2D eigenvalue weighted by molar-refractivity contribution is -0.142. The van der Waals surface area contributed by atoms with E-state index in [0.29, 0.717) is 30.2 Å². The van der Waals surface area contributed by atoms with Crippen molar-refractivity contribution < 1.29 is 24.2 Å². The minimum Gasteiger partial charge on any atom is -0.497 e. The number of carbonyl (C=O) groups excluding carboxylic acids is 1. The van der Waals surface area contributed by atoms with Crippen molar-refractivity contribution in [1.82, 2.24) is 4.90 Å². The minimum atomic E-state index is -0.882. The van der Waals surface area contributed by atoms with Crippen LogP contribution >= 0.6 is 0 Å². The molecule has 7 nitrogen and oxygen atoms in total. The number of carboxylic acid groups (broad SMARTS) is 1. The number of ether oxygens (including phenoxy) is 2. The molecule has 0 bridgehead atoms.